The number of likely N-dealkylation sites (tertiary alicyclic amines) is 1. The van der Waals surface area contributed by atoms with Crippen molar-refractivity contribution in [3.63, 3.8) is 0 Å². The largest absolute Gasteiger partial charge is 0.373 e. The highest BCUT2D eigenvalue weighted by Crippen LogP contribution is 2.38. The van der Waals surface area contributed by atoms with Gasteiger partial charge >= 0.3 is 0 Å². The molecule has 1 spiro atoms. The minimum Gasteiger partial charge on any atom is -0.373 e. The fraction of sp³-hybridized carbons (Fsp3) is 1.00. The second-order valence-electron chi connectivity index (χ2n) is 6.51. The SMILES string of the molecule is CCC1COC2(CCCN(CCCN(C)C)C2)C1. The quantitative estimate of drug-likeness (QED) is 0.748. The molecule has 0 bridgehead atoms. The third-order valence-corrected chi connectivity index (χ3v) is 4.56. The molecule has 106 valence electrons. The third-order valence-electron chi connectivity index (χ3n) is 4.56. The van der Waals surface area contributed by atoms with Gasteiger partial charge in [0.1, 0.15) is 0 Å². The molecule has 0 aromatic rings. The summed E-state index contributed by atoms with van der Waals surface area (Å²) in [6.07, 6.45) is 6.46. The normalized spacial score (nSPS) is 33.7. The molecule has 2 rings (SSSR count). The minimum atomic E-state index is 0.219. The Morgan fingerprint density at radius 1 is 1.39 bits per heavy atom. The van der Waals surface area contributed by atoms with E-state index < -0.39 is 0 Å². The lowest BCUT2D eigenvalue weighted by Crippen LogP contribution is -2.48. The van der Waals surface area contributed by atoms with Crippen LogP contribution in [0.4, 0.5) is 0 Å². The molecule has 0 aliphatic carbocycles. The van der Waals surface area contributed by atoms with Gasteiger partial charge in [0.2, 0.25) is 0 Å². The molecule has 0 radical (unpaired) electrons. The Kier molecular flexibility index (Phi) is 5.05. The number of ether oxygens (including phenoxy) is 1. The summed E-state index contributed by atoms with van der Waals surface area (Å²) in [7, 11) is 4.31. The standard InChI is InChI=1S/C15H30N2O/c1-4-14-11-15(18-12-14)7-5-9-17(13-15)10-6-8-16(2)3/h14H,4-13H2,1-3H3. The smallest absolute Gasteiger partial charge is 0.0812 e. The topological polar surface area (TPSA) is 15.7 Å². The van der Waals surface area contributed by atoms with E-state index in [0.29, 0.717) is 0 Å². The summed E-state index contributed by atoms with van der Waals surface area (Å²) in [6.45, 7) is 8.18. The molecule has 2 fully saturated rings. The zero-order valence-electron chi connectivity index (χ0n) is 12.5. The molecule has 2 aliphatic heterocycles. The van der Waals surface area contributed by atoms with Crippen molar-refractivity contribution in [2.75, 3.05) is 46.9 Å². The number of rotatable bonds is 5. The highest BCUT2D eigenvalue weighted by atomic mass is 16.5. The zero-order chi connectivity index (χ0) is 13.0. The Morgan fingerprint density at radius 2 is 2.22 bits per heavy atom. The summed E-state index contributed by atoms with van der Waals surface area (Å²) in [5.74, 6) is 0.812. The van der Waals surface area contributed by atoms with Crippen LogP contribution < -0.4 is 0 Å². The van der Waals surface area contributed by atoms with Crippen LogP contribution in [0.2, 0.25) is 0 Å². The van der Waals surface area contributed by atoms with Crippen molar-refractivity contribution < 1.29 is 4.74 Å². The number of hydrogen-bond donors (Lipinski definition) is 0. The first-order chi connectivity index (χ1) is 8.63. The molecule has 3 heteroatoms. The summed E-state index contributed by atoms with van der Waals surface area (Å²) in [5, 5.41) is 0. The number of piperidine rings is 1. The van der Waals surface area contributed by atoms with Gasteiger partial charge in [0.25, 0.3) is 0 Å². The van der Waals surface area contributed by atoms with Crippen LogP contribution >= 0.6 is 0 Å². The van der Waals surface area contributed by atoms with Crippen molar-refractivity contribution in [1.29, 1.82) is 0 Å². The fourth-order valence-corrected chi connectivity index (χ4v) is 3.48. The van der Waals surface area contributed by atoms with Crippen molar-refractivity contribution in [2.45, 2.75) is 44.6 Å². The lowest BCUT2D eigenvalue weighted by Gasteiger charge is -2.40. The summed E-state index contributed by atoms with van der Waals surface area (Å²) >= 11 is 0. The number of hydrogen-bond acceptors (Lipinski definition) is 3. The van der Waals surface area contributed by atoms with Gasteiger partial charge in [-0.3, -0.25) is 0 Å². The van der Waals surface area contributed by atoms with Crippen LogP contribution in [0.15, 0.2) is 0 Å². The van der Waals surface area contributed by atoms with Gasteiger partial charge in [0, 0.05) is 6.54 Å². The van der Waals surface area contributed by atoms with E-state index in [1.165, 1.54) is 58.3 Å². The number of nitrogens with zero attached hydrogens (tertiary/aromatic N) is 2. The van der Waals surface area contributed by atoms with Crippen molar-refractivity contribution in [3.05, 3.63) is 0 Å². The molecule has 0 N–H and O–H groups in total. The summed E-state index contributed by atoms with van der Waals surface area (Å²) in [6, 6.07) is 0. The summed E-state index contributed by atoms with van der Waals surface area (Å²) in [4.78, 5) is 4.91. The van der Waals surface area contributed by atoms with E-state index in [0.717, 1.165) is 12.5 Å². The van der Waals surface area contributed by atoms with Crippen LogP contribution in [0.25, 0.3) is 0 Å². The highest BCUT2D eigenvalue weighted by molar-refractivity contribution is 4.94. The molecular formula is C15H30N2O. The van der Waals surface area contributed by atoms with Gasteiger partial charge in [0.05, 0.1) is 12.2 Å². The average Bonchev–Trinajstić information content (AvgIpc) is 2.72. The van der Waals surface area contributed by atoms with Crippen molar-refractivity contribution in [2.24, 2.45) is 5.92 Å². The van der Waals surface area contributed by atoms with Crippen LogP contribution in [0.3, 0.4) is 0 Å². The Labute approximate surface area is 112 Å². The molecule has 2 saturated heterocycles. The fourth-order valence-electron chi connectivity index (χ4n) is 3.48. The van der Waals surface area contributed by atoms with Crippen LogP contribution in [-0.4, -0.2) is 62.3 Å². The van der Waals surface area contributed by atoms with Gasteiger partial charge in [-0.1, -0.05) is 13.3 Å². The molecule has 2 atom stereocenters. The van der Waals surface area contributed by atoms with Gasteiger partial charge in [-0.2, -0.15) is 0 Å². The maximum absolute atomic E-state index is 6.19. The molecule has 18 heavy (non-hydrogen) atoms. The van der Waals surface area contributed by atoms with E-state index in [-0.39, 0.29) is 5.60 Å². The van der Waals surface area contributed by atoms with Crippen molar-refractivity contribution in [3.8, 4) is 0 Å². The summed E-state index contributed by atoms with van der Waals surface area (Å²) < 4.78 is 6.19. The summed E-state index contributed by atoms with van der Waals surface area (Å²) in [5.41, 5.74) is 0.219. The van der Waals surface area contributed by atoms with Gasteiger partial charge in [-0.05, 0) is 65.3 Å². The molecule has 0 aromatic heterocycles. The highest BCUT2D eigenvalue weighted by Gasteiger charge is 2.42. The van der Waals surface area contributed by atoms with Crippen molar-refractivity contribution >= 4 is 0 Å². The van der Waals surface area contributed by atoms with Crippen LogP contribution in [0, 0.1) is 5.92 Å². The first kappa shape index (κ1) is 14.3. The van der Waals surface area contributed by atoms with Gasteiger partial charge in [0.15, 0.2) is 0 Å². The lowest BCUT2D eigenvalue weighted by molar-refractivity contribution is -0.0518. The van der Waals surface area contributed by atoms with Gasteiger partial charge in [-0.25, -0.2) is 0 Å². The molecule has 0 saturated carbocycles. The van der Waals surface area contributed by atoms with E-state index in [1.807, 2.05) is 0 Å². The zero-order valence-corrected chi connectivity index (χ0v) is 12.5. The molecule has 2 unspecified atom stereocenters. The first-order valence-corrected chi connectivity index (χ1v) is 7.64. The second kappa shape index (κ2) is 6.36. The Morgan fingerprint density at radius 3 is 2.89 bits per heavy atom. The Bertz CT molecular complexity index is 257. The average molecular weight is 254 g/mol. The Hall–Kier alpha value is -0.120. The van der Waals surface area contributed by atoms with E-state index >= 15 is 0 Å². The predicted octanol–water partition coefficient (Wildman–Crippen LogP) is 2.22. The van der Waals surface area contributed by atoms with E-state index in [2.05, 4.69) is 30.8 Å². The molecule has 2 aliphatic rings. The van der Waals surface area contributed by atoms with Crippen molar-refractivity contribution in [1.82, 2.24) is 9.80 Å². The molecule has 0 amide bonds. The van der Waals surface area contributed by atoms with Gasteiger partial charge < -0.3 is 14.5 Å². The van der Waals surface area contributed by atoms with Crippen LogP contribution in [0.1, 0.15) is 39.0 Å². The van der Waals surface area contributed by atoms with E-state index in [4.69, 9.17) is 4.74 Å². The van der Waals surface area contributed by atoms with E-state index in [9.17, 15) is 0 Å². The molecule has 2 heterocycles. The third kappa shape index (κ3) is 3.69. The Balaban J connectivity index is 1.78. The lowest BCUT2D eigenvalue weighted by atomic mass is 9.86. The first-order valence-electron chi connectivity index (χ1n) is 7.64. The maximum atomic E-state index is 6.19. The van der Waals surface area contributed by atoms with Crippen LogP contribution in [0.5, 0.6) is 0 Å². The minimum absolute atomic E-state index is 0.219. The second-order valence-corrected chi connectivity index (χ2v) is 6.51. The predicted molar refractivity (Wildman–Crippen MR) is 75.9 cm³/mol. The maximum Gasteiger partial charge on any atom is 0.0812 e. The van der Waals surface area contributed by atoms with Crippen LogP contribution in [-0.2, 0) is 4.74 Å². The monoisotopic (exact) mass is 254 g/mol. The molecular weight excluding hydrogens is 224 g/mol. The van der Waals surface area contributed by atoms with E-state index in [1.54, 1.807) is 0 Å². The molecule has 3 nitrogen and oxygen atoms in total. The van der Waals surface area contributed by atoms with Gasteiger partial charge in [-0.15, -0.1) is 0 Å². The molecule has 0 aromatic carbocycles.